The van der Waals surface area contributed by atoms with Crippen LogP contribution in [0.15, 0.2) is 29.4 Å². The Morgan fingerprint density at radius 2 is 2.29 bits per heavy atom. The minimum atomic E-state index is -0.373. The second kappa shape index (κ2) is 5.43. The molecule has 1 fully saturated rings. The minimum absolute atomic E-state index is 0.137. The molecule has 17 heavy (non-hydrogen) atoms. The summed E-state index contributed by atoms with van der Waals surface area (Å²) in [5.41, 5.74) is 0.329. The Bertz CT molecular complexity index is 430. The predicted octanol–water partition coefficient (Wildman–Crippen LogP) is 1.45. The van der Waals surface area contributed by atoms with Crippen molar-refractivity contribution < 1.29 is 14.0 Å². The number of hydrogen-bond acceptors (Lipinski definition) is 3. The maximum Gasteiger partial charge on any atom is 0.260 e. The normalized spacial score (nSPS) is 14.9. The van der Waals surface area contributed by atoms with Crippen LogP contribution in [0.4, 0.5) is 4.39 Å². The van der Waals surface area contributed by atoms with E-state index < -0.39 is 0 Å². The number of carbonyl (C=O) groups is 1. The number of benzene rings is 1. The number of oxime groups is 1. The summed E-state index contributed by atoms with van der Waals surface area (Å²) < 4.78 is 13.1. The van der Waals surface area contributed by atoms with Gasteiger partial charge in [0.2, 0.25) is 0 Å². The van der Waals surface area contributed by atoms with Gasteiger partial charge in [-0.3, -0.25) is 4.79 Å². The van der Waals surface area contributed by atoms with Crippen LogP contribution in [0, 0.1) is 5.82 Å². The van der Waals surface area contributed by atoms with E-state index >= 15 is 0 Å². The first kappa shape index (κ1) is 11.6. The van der Waals surface area contributed by atoms with Gasteiger partial charge in [0.1, 0.15) is 5.82 Å². The first-order chi connectivity index (χ1) is 8.25. The van der Waals surface area contributed by atoms with Crippen LogP contribution >= 0.6 is 0 Å². The monoisotopic (exact) mass is 236 g/mol. The summed E-state index contributed by atoms with van der Waals surface area (Å²) in [7, 11) is 0. The number of amides is 1. The molecule has 1 N–H and O–H groups in total. The van der Waals surface area contributed by atoms with Crippen LogP contribution in [-0.2, 0) is 9.63 Å². The zero-order chi connectivity index (χ0) is 12.1. The lowest BCUT2D eigenvalue weighted by atomic mass is 10.2. The highest BCUT2D eigenvalue weighted by Crippen LogP contribution is 2.18. The number of nitrogens with one attached hydrogen (secondary N) is 1. The van der Waals surface area contributed by atoms with E-state index in [-0.39, 0.29) is 18.3 Å². The molecule has 0 heterocycles. The summed E-state index contributed by atoms with van der Waals surface area (Å²) in [5, 5.41) is 6.30. The van der Waals surface area contributed by atoms with Crippen molar-refractivity contribution in [2.24, 2.45) is 5.16 Å². The zero-order valence-electron chi connectivity index (χ0n) is 9.23. The van der Waals surface area contributed by atoms with Crippen LogP contribution in [0.1, 0.15) is 18.4 Å². The van der Waals surface area contributed by atoms with Gasteiger partial charge in [-0.15, -0.1) is 0 Å². The maximum absolute atomic E-state index is 13.1. The molecule has 1 saturated carbocycles. The first-order valence-electron chi connectivity index (χ1n) is 5.45. The highest BCUT2D eigenvalue weighted by molar-refractivity contribution is 5.80. The Kier molecular flexibility index (Phi) is 3.69. The van der Waals surface area contributed by atoms with Gasteiger partial charge in [-0.05, 0) is 18.9 Å². The lowest BCUT2D eigenvalue weighted by Crippen LogP contribution is -2.28. The molecule has 0 bridgehead atoms. The van der Waals surface area contributed by atoms with Crippen molar-refractivity contribution in [3.63, 3.8) is 0 Å². The minimum Gasteiger partial charge on any atom is -0.386 e. The Morgan fingerprint density at radius 1 is 1.53 bits per heavy atom. The maximum atomic E-state index is 13.1. The van der Waals surface area contributed by atoms with Gasteiger partial charge in [-0.25, -0.2) is 4.39 Å². The van der Waals surface area contributed by atoms with Crippen LogP contribution in [0.25, 0.3) is 0 Å². The highest BCUT2D eigenvalue weighted by atomic mass is 19.1. The third kappa shape index (κ3) is 3.86. The molecule has 0 radical (unpaired) electrons. The summed E-state index contributed by atoms with van der Waals surface area (Å²) >= 11 is 0. The topological polar surface area (TPSA) is 50.7 Å². The van der Waals surface area contributed by atoms with Crippen LogP contribution in [-0.4, -0.2) is 24.8 Å². The van der Waals surface area contributed by atoms with E-state index in [1.54, 1.807) is 18.2 Å². The summed E-state index contributed by atoms with van der Waals surface area (Å²) in [6.45, 7) is -0.137. The van der Waals surface area contributed by atoms with Gasteiger partial charge in [0.25, 0.3) is 5.91 Å². The Morgan fingerprint density at radius 3 is 3.00 bits per heavy atom. The van der Waals surface area contributed by atoms with Crippen molar-refractivity contribution in [3.05, 3.63) is 35.6 Å². The number of rotatable bonds is 5. The van der Waals surface area contributed by atoms with Crippen molar-refractivity contribution >= 4 is 12.1 Å². The molecular formula is C12H13FN2O2. The fraction of sp³-hybridized carbons (Fsp3) is 0.333. The number of carbonyl (C=O) groups excluding carboxylic acids is 1. The van der Waals surface area contributed by atoms with Crippen molar-refractivity contribution in [2.75, 3.05) is 6.61 Å². The van der Waals surface area contributed by atoms with Crippen LogP contribution in [0.5, 0.6) is 0 Å². The van der Waals surface area contributed by atoms with Crippen LogP contribution in [0.2, 0.25) is 0 Å². The van der Waals surface area contributed by atoms with E-state index in [1.165, 1.54) is 12.3 Å². The van der Waals surface area contributed by atoms with Gasteiger partial charge < -0.3 is 10.2 Å². The van der Waals surface area contributed by atoms with Gasteiger partial charge in [-0.1, -0.05) is 23.4 Å². The molecule has 0 atom stereocenters. The average Bonchev–Trinajstić information content (AvgIpc) is 3.10. The molecule has 1 aliphatic carbocycles. The molecule has 0 saturated heterocycles. The van der Waals surface area contributed by atoms with Crippen LogP contribution < -0.4 is 5.32 Å². The molecule has 1 aliphatic rings. The Labute approximate surface area is 98.5 Å². The summed E-state index contributed by atoms with van der Waals surface area (Å²) in [4.78, 5) is 16.0. The van der Waals surface area contributed by atoms with E-state index in [0.717, 1.165) is 12.8 Å². The van der Waals surface area contributed by atoms with Crippen LogP contribution in [0.3, 0.4) is 0 Å². The van der Waals surface area contributed by atoms with E-state index in [0.29, 0.717) is 11.6 Å². The standard InChI is InChI=1S/C12H13FN2O2/c13-11-4-2-1-3-9(11)7-14-17-8-12(16)15-10-5-6-10/h1-4,7,10H,5-6,8H2,(H,15,16)/b14-7-. The molecule has 0 aliphatic heterocycles. The largest absolute Gasteiger partial charge is 0.386 e. The van der Waals surface area contributed by atoms with E-state index in [4.69, 9.17) is 4.84 Å². The first-order valence-corrected chi connectivity index (χ1v) is 5.45. The summed E-state index contributed by atoms with van der Waals surface area (Å²) in [6, 6.07) is 6.51. The molecule has 90 valence electrons. The molecule has 5 heteroatoms. The lowest BCUT2D eigenvalue weighted by molar-refractivity contribution is -0.125. The zero-order valence-corrected chi connectivity index (χ0v) is 9.23. The third-order valence-electron chi connectivity index (χ3n) is 2.31. The predicted molar refractivity (Wildman–Crippen MR) is 61.1 cm³/mol. The fourth-order valence-electron chi connectivity index (χ4n) is 1.27. The molecule has 0 unspecified atom stereocenters. The van der Waals surface area contributed by atoms with Crippen molar-refractivity contribution in [1.29, 1.82) is 0 Å². The molecule has 1 amide bonds. The smallest absolute Gasteiger partial charge is 0.260 e. The molecule has 4 nitrogen and oxygen atoms in total. The SMILES string of the molecule is O=C(CO/N=C\c1ccccc1F)NC1CC1. The van der Waals surface area contributed by atoms with Crippen molar-refractivity contribution in [2.45, 2.75) is 18.9 Å². The molecule has 1 aromatic carbocycles. The molecule has 1 aromatic rings. The van der Waals surface area contributed by atoms with Crippen molar-refractivity contribution in [3.8, 4) is 0 Å². The fourth-order valence-corrected chi connectivity index (χ4v) is 1.27. The second-order valence-electron chi connectivity index (χ2n) is 3.87. The summed E-state index contributed by atoms with van der Waals surface area (Å²) in [6.07, 6.45) is 3.31. The molecule has 0 spiro atoms. The Hall–Kier alpha value is -1.91. The Balaban J connectivity index is 1.73. The average molecular weight is 236 g/mol. The number of halogens is 1. The third-order valence-corrected chi connectivity index (χ3v) is 2.31. The molecule has 0 aromatic heterocycles. The highest BCUT2D eigenvalue weighted by Gasteiger charge is 2.23. The summed E-state index contributed by atoms with van der Waals surface area (Å²) in [5.74, 6) is -0.569. The van der Waals surface area contributed by atoms with E-state index in [1.807, 2.05) is 0 Å². The van der Waals surface area contributed by atoms with Crippen molar-refractivity contribution in [1.82, 2.24) is 5.32 Å². The van der Waals surface area contributed by atoms with Gasteiger partial charge in [0.05, 0.1) is 6.21 Å². The quantitative estimate of drug-likeness (QED) is 0.621. The second-order valence-corrected chi connectivity index (χ2v) is 3.87. The van der Waals surface area contributed by atoms with Gasteiger partial charge in [0, 0.05) is 11.6 Å². The van der Waals surface area contributed by atoms with Gasteiger partial charge in [0.15, 0.2) is 6.61 Å². The number of hydrogen-bond donors (Lipinski definition) is 1. The van der Waals surface area contributed by atoms with Gasteiger partial charge >= 0.3 is 0 Å². The molecular weight excluding hydrogens is 223 g/mol. The lowest BCUT2D eigenvalue weighted by Gasteiger charge is -2.01. The van der Waals surface area contributed by atoms with E-state index in [2.05, 4.69) is 10.5 Å². The van der Waals surface area contributed by atoms with Gasteiger partial charge in [-0.2, -0.15) is 0 Å². The molecule has 2 rings (SSSR count). The number of nitrogens with zero attached hydrogens (tertiary/aromatic N) is 1. The van der Waals surface area contributed by atoms with E-state index in [9.17, 15) is 9.18 Å².